The number of hydrogen-bond acceptors (Lipinski definition) is 6. The second kappa shape index (κ2) is 7.90. The van der Waals surface area contributed by atoms with Crippen LogP contribution in [0.5, 0.6) is 0 Å². The van der Waals surface area contributed by atoms with Gasteiger partial charge >= 0.3 is 0 Å². The lowest BCUT2D eigenvalue weighted by Gasteiger charge is -2.05. The highest BCUT2D eigenvalue weighted by molar-refractivity contribution is 7.98. The molecule has 0 spiro atoms. The smallest absolute Gasteiger partial charge is 0.237 e. The van der Waals surface area contributed by atoms with Crippen molar-refractivity contribution in [3.8, 4) is 22.6 Å². The summed E-state index contributed by atoms with van der Waals surface area (Å²) in [4.78, 5) is 13.6. The molecule has 0 bridgehead atoms. The number of thioether (sulfide) groups is 1. The molecule has 0 N–H and O–H groups in total. The molecule has 0 aliphatic carbocycles. The van der Waals surface area contributed by atoms with E-state index in [4.69, 9.17) is 16.1 Å². The van der Waals surface area contributed by atoms with Gasteiger partial charge in [-0.2, -0.15) is 4.98 Å². The number of halogens is 1. The van der Waals surface area contributed by atoms with E-state index >= 15 is 0 Å². The first-order chi connectivity index (χ1) is 13.2. The predicted molar refractivity (Wildman–Crippen MR) is 107 cm³/mol. The van der Waals surface area contributed by atoms with Crippen LogP contribution >= 0.6 is 23.4 Å². The number of hydrogen-bond donors (Lipinski definition) is 0. The van der Waals surface area contributed by atoms with E-state index in [0.29, 0.717) is 27.6 Å². The molecule has 0 radical (unpaired) electrons. The van der Waals surface area contributed by atoms with Gasteiger partial charge in [-0.1, -0.05) is 71.0 Å². The minimum atomic E-state index is 0.478. The van der Waals surface area contributed by atoms with Crippen LogP contribution in [0, 0.1) is 6.92 Å². The Morgan fingerprint density at radius 3 is 2.56 bits per heavy atom. The van der Waals surface area contributed by atoms with E-state index < -0.39 is 0 Å². The number of aryl methyl sites for hydroxylation is 1. The number of rotatable bonds is 5. The zero-order valence-electron chi connectivity index (χ0n) is 14.5. The van der Waals surface area contributed by atoms with E-state index in [2.05, 4.69) is 20.1 Å². The molecule has 2 aromatic heterocycles. The van der Waals surface area contributed by atoms with Crippen molar-refractivity contribution in [2.75, 3.05) is 0 Å². The molecule has 2 heterocycles. The summed E-state index contributed by atoms with van der Waals surface area (Å²) >= 11 is 7.64. The molecule has 0 aliphatic heterocycles. The molecule has 27 heavy (non-hydrogen) atoms. The Morgan fingerprint density at radius 2 is 1.74 bits per heavy atom. The summed E-state index contributed by atoms with van der Waals surface area (Å²) in [6, 6.07) is 19.4. The Morgan fingerprint density at radius 1 is 0.963 bits per heavy atom. The zero-order valence-corrected chi connectivity index (χ0v) is 16.0. The average molecular weight is 395 g/mol. The van der Waals surface area contributed by atoms with Gasteiger partial charge < -0.3 is 4.52 Å². The zero-order chi connectivity index (χ0) is 18.6. The van der Waals surface area contributed by atoms with Gasteiger partial charge in [-0.15, -0.1) is 0 Å². The predicted octanol–water partition coefficient (Wildman–Crippen LogP) is 5.45. The van der Waals surface area contributed by atoms with Crippen LogP contribution in [0.3, 0.4) is 0 Å². The van der Waals surface area contributed by atoms with Gasteiger partial charge in [0.15, 0.2) is 5.16 Å². The van der Waals surface area contributed by atoms with Crippen molar-refractivity contribution in [1.82, 2.24) is 20.1 Å². The molecular weight excluding hydrogens is 380 g/mol. The lowest BCUT2D eigenvalue weighted by Crippen LogP contribution is -1.94. The third-order valence-electron chi connectivity index (χ3n) is 3.81. The highest BCUT2D eigenvalue weighted by atomic mass is 35.5. The van der Waals surface area contributed by atoms with Crippen LogP contribution in [0.4, 0.5) is 0 Å². The molecule has 0 saturated carbocycles. The number of nitrogens with zero attached hydrogens (tertiary/aromatic N) is 4. The van der Waals surface area contributed by atoms with Crippen molar-refractivity contribution >= 4 is 23.4 Å². The quantitative estimate of drug-likeness (QED) is 0.331. The Bertz CT molecular complexity index is 1070. The number of aromatic nitrogens is 4. The summed E-state index contributed by atoms with van der Waals surface area (Å²) < 4.78 is 5.34. The summed E-state index contributed by atoms with van der Waals surface area (Å²) in [5.74, 6) is 1.46. The molecular formula is C20H15ClN4OS. The van der Waals surface area contributed by atoms with Gasteiger partial charge in [0.1, 0.15) is 0 Å². The fourth-order valence-electron chi connectivity index (χ4n) is 2.55. The second-order valence-corrected chi connectivity index (χ2v) is 7.17. The lowest BCUT2D eigenvalue weighted by atomic mass is 10.1. The van der Waals surface area contributed by atoms with E-state index in [0.717, 1.165) is 22.5 Å². The fourth-order valence-corrected chi connectivity index (χ4v) is 3.52. The molecule has 0 atom stereocenters. The van der Waals surface area contributed by atoms with E-state index in [1.165, 1.54) is 11.8 Å². The minimum Gasteiger partial charge on any atom is -0.338 e. The van der Waals surface area contributed by atoms with E-state index in [-0.39, 0.29) is 0 Å². The van der Waals surface area contributed by atoms with Crippen LogP contribution in [0.15, 0.2) is 70.3 Å². The molecule has 7 heteroatoms. The molecule has 0 saturated heterocycles. The van der Waals surface area contributed by atoms with Crippen molar-refractivity contribution in [3.05, 3.63) is 77.3 Å². The summed E-state index contributed by atoms with van der Waals surface area (Å²) in [6.45, 7) is 1.96. The van der Waals surface area contributed by atoms with Crippen LogP contribution in [0.1, 0.15) is 11.6 Å². The van der Waals surface area contributed by atoms with Gasteiger partial charge in [-0.3, -0.25) is 0 Å². The van der Waals surface area contributed by atoms with Crippen molar-refractivity contribution in [2.24, 2.45) is 0 Å². The second-order valence-electron chi connectivity index (χ2n) is 5.82. The molecule has 0 unspecified atom stereocenters. The standard InChI is InChI=1S/C20H15ClN4OS/c1-13-11-17(14-7-3-2-4-8-14)23-20(22-13)27-12-18-24-19(25-26-18)15-9-5-6-10-16(15)21/h2-11H,12H2,1H3. The van der Waals surface area contributed by atoms with Crippen molar-refractivity contribution in [3.63, 3.8) is 0 Å². The Balaban J connectivity index is 1.51. The average Bonchev–Trinajstić information content (AvgIpc) is 3.16. The first kappa shape index (κ1) is 17.7. The Labute approximate surface area is 165 Å². The van der Waals surface area contributed by atoms with Gasteiger partial charge in [0.25, 0.3) is 0 Å². The molecule has 0 fully saturated rings. The summed E-state index contributed by atoms with van der Waals surface area (Å²) in [7, 11) is 0. The molecule has 4 aromatic rings. The highest BCUT2D eigenvalue weighted by Gasteiger charge is 2.13. The van der Waals surface area contributed by atoms with Crippen molar-refractivity contribution in [1.29, 1.82) is 0 Å². The Kier molecular flexibility index (Phi) is 5.18. The highest BCUT2D eigenvalue weighted by Crippen LogP contribution is 2.27. The largest absolute Gasteiger partial charge is 0.338 e. The van der Waals surface area contributed by atoms with Crippen LogP contribution in [0.2, 0.25) is 5.02 Å². The topological polar surface area (TPSA) is 64.7 Å². The molecule has 4 rings (SSSR count). The molecule has 0 amide bonds. The monoisotopic (exact) mass is 394 g/mol. The first-order valence-electron chi connectivity index (χ1n) is 8.30. The third-order valence-corrected chi connectivity index (χ3v) is 4.97. The number of benzene rings is 2. The van der Waals surface area contributed by atoms with Crippen LogP contribution < -0.4 is 0 Å². The summed E-state index contributed by atoms with van der Waals surface area (Å²) in [5, 5.41) is 5.28. The Hall–Kier alpha value is -2.70. The van der Waals surface area contributed by atoms with Gasteiger partial charge in [0.2, 0.25) is 11.7 Å². The lowest BCUT2D eigenvalue weighted by molar-refractivity contribution is 0.391. The normalized spacial score (nSPS) is 10.9. The van der Waals surface area contributed by atoms with Crippen LogP contribution in [-0.4, -0.2) is 20.1 Å². The van der Waals surface area contributed by atoms with Gasteiger partial charge in [0, 0.05) is 16.8 Å². The molecule has 0 aliphatic rings. The summed E-state index contributed by atoms with van der Waals surface area (Å²) in [6.07, 6.45) is 0. The van der Waals surface area contributed by atoms with Crippen molar-refractivity contribution in [2.45, 2.75) is 17.8 Å². The van der Waals surface area contributed by atoms with Gasteiger partial charge in [0.05, 0.1) is 16.5 Å². The SMILES string of the molecule is Cc1cc(-c2ccccc2)nc(SCc2nc(-c3ccccc3Cl)no2)n1. The van der Waals surface area contributed by atoms with Gasteiger partial charge in [-0.25, -0.2) is 9.97 Å². The van der Waals surface area contributed by atoms with Crippen molar-refractivity contribution < 1.29 is 4.52 Å². The maximum absolute atomic E-state index is 6.19. The van der Waals surface area contributed by atoms with E-state index in [9.17, 15) is 0 Å². The minimum absolute atomic E-state index is 0.478. The fraction of sp³-hybridized carbons (Fsp3) is 0.100. The maximum Gasteiger partial charge on any atom is 0.237 e. The third kappa shape index (κ3) is 4.18. The summed E-state index contributed by atoms with van der Waals surface area (Å²) in [5.41, 5.74) is 3.61. The maximum atomic E-state index is 6.19. The molecule has 134 valence electrons. The van der Waals surface area contributed by atoms with Crippen LogP contribution in [0.25, 0.3) is 22.6 Å². The van der Waals surface area contributed by atoms with E-state index in [1.54, 1.807) is 6.07 Å². The van der Waals surface area contributed by atoms with Crippen LogP contribution in [-0.2, 0) is 5.75 Å². The molecule has 5 nitrogen and oxygen atoms in total. The first-order valence-corrected chi connectivity index (χ1v) is 9.67. The van der Waals surface area contributed by atoms with Gasteiger partial charge in [-0.05, 0) is 25.1 Å². The van der Waals surface area contributed by atoms with E-state index in [1.807, 2.05) is 61.5 Å². The molecule has 2 aromatic carbocycles.